The Hall–Kier alpha value is -1.98. The van der Waals surface area contributed by atoms with Crippen LogP contribution in [0.4, 0.5) is 0 Å². The zero-order chi connectivity index (χ0) is 16.4. The first-order valence-corrected chi connectivity index (χ1v) is 8.36. The third kappa shape index (κ3) is 3.35. The third-order valence-corrected chi connectivity index (χ3v) is 4.80. The molecule has 23 heavy (non-hydrogen) atoms. The Morgan fingerprint density at radius 2 is 2.09 bits per heavy atom. The molecule has 6 heteroatoms. The van der Waals surface area contributed by atoms with Gasteiger partial charge in [-0.05, 0) is 38.2 Å². The highest BCUT2D eigenvalue weighted by atomic mass is 16.5. The van der Waals surface area contributed by atoms with Crippen LogP contribution < -0.4 is 5.32 Å². The van der Waals surface area contributed by atoms with Crippen LogP contribution in [0.3, 0.4) is 0 Å². The molecule has 2 aliphatic rings. The number of hydrogen-bond acceptors (Lipinski definition) is 5. The van der Waals surface area contributed by atoms with Gasteiger partial charge < -0.3 is 10.1 Å². The van der Waals surface area contributed by atoms with Gasteiger partial charge in [0.2, 0.25) is 5.91 Å². The molecule has 0 radical (unpaired) electrons. The molecule has 2 unspecified atom stereocenters. The van der Waals surface area contributed by atoms with Crippen LogP contribution in [0.15, 0.2) is 0 Å². The third-order valence-electron chi connectivity index (χ3n) is 4.80. The van der Waals surface area contributed by atoms with Crippen LogP contribution in [-0.2, 0) is 33.6 Å². The first-order valence-electron chi connectivity index (χ1n) is 8.36. The molecular formula is C17H23N3O3. The molecule has 1 aliphatic heterocycles. The van der Waals surface area contributed by atoms with Crippen molar-refractivity contribution in [1.82, 2.24) is 15.3 Å². The van der Waals surface area contributed by atoms with E-state index in [0.29, 0.717) is 13.0 Å². The van der Waals surface area contributed by atoms with Gasteiger partial charge in [-0.15, -0.1) is 0 Å². The summed E-state index contributed by atoms with van der Waals surface area (Å²) in [5.41, 5.74) is 3.55. The van der Waals surface area contributed by atoms with Crippen molar-refractivity contribution in [2.24, 2.45) is 11.8 Å². The second-order valence-electron chi connectivity index (χ2n) is 6.42. The number of nitrogens with zero attached hydrogens (tertiary/aromatic N) is 2. The molecule has 1 saturated heterocycles. The highest BCUT2D eigenvalue weighted by Crippen LogP contribution is 2.22. The summed E-state index contributed by atoms with van der Waals surface area (Å²) in [5.74, 6) is -0.377. The predicted octanol–water partition coefficient (Wildman–Crippen LogP) is 1.13. The van der Waals surface area contributed by atoms with Gasteiger partial charge in [-0.1, -0.05) is 6.92 Å². The molecule has 1 aliphatic carbocycles. The number of carbonyl (C=O) groups excluding carboxylic acids is 2. The molecule has 0 aromatic carbocycles. The van der Waals surface area contributed by atoms with Gasteiger partial charge in [0.05, 0.1) is 11.8 Å². The number of esters is 1. The summed E-state index contributed by atoms with van der Waals surface area (Å²) in [6.45, 7) is 4.43. The monoisotopic (exact) mass is 317 g/mol. The van der Waals surface area contributed by atoms with Crippen LogP contribution >= 0.6 is 0 Å². The fourth-order valence-corrected chi connectivity index (χ4v) is 3.30. The average Bonchev–Trinajstić information content (AvgIpc) is 2.87. The fraction of sp³-hybridized carbons (Fsp3) is 0.647. The first-order chi connectivity index (χ1) is 11.1. The van der Waals surface area contributed by atoms with Crippen LogP contribution in [0.5, 0.6) is 0 Å². The molecule has 1 N–H and O–H groups in total. The lowest BCUT2D eigenvalue weighted by atomic mass is 9.95. The minimum atomic E-state index is -0.381. The Bertz CT molecular complexity index is 630. The summed E-state index contributed by atoms with van der Waals surface area (Å²) in [6.07, 6.45) is 5.11. The van der Waals surface area contributed by atoms with Crippen molar-refractivity contribution >= 4 is 11.9 Å². The lowest BCUT2D eigenvalue weighted by Crippen LogP contribution is -2.35. The maximum atomic E-state index is 12.1. The van der Waals surface area contributed by atoms with E-state index in [2.05, 4.69) is 15.3 Å². The van der Waals surface area contributed by atoms with Gasteiger partial charge in [0.25, 0.3) is 0 Å². The van der Waals surface area contributed by atoms with Gasteiger partial charge in [-0.2, -0.15) is 0 Å². The minimum Gasteiger partial charge on any atom is -0.465 e. The Balaban J connectivity index is 1.56. The second-order valence-corrected chi connectivity index (χ2v) is 6.42. The zero-order valence-corrected chi connectivity index (χ0v) is 13.7. The summed E-state index contributed by atoms with van der Waals surface area (Å²) in [4.78, 5) is 32.7. The van der Waals surface area contributed by atoms with Crippen molar-refractivity contribution in [3.8, 4) is 0 Å². The molecule has 0 saturated carbocycles. The number of fused-ring (bicyclic) bond motifs is 1. The van der Waals surface area contributed by atoms with E-state index in [1.54, 1.807) is 6.92 Å². The Kier molecular flexibility index (Phi) is 4.59. The largest absolute Gasteiger partial charge is 0.465 e. The molecule has 1 amide bonds. The highest BCUT2D eigenvalue weighted by Gasteiger charge is 2.37. The van der Waals surface area contributed by atoms with Crippen molar-refractivity contribution in [1.29, 1.82) is 0 Å². The summed E-state index contributed by atoms with van der Waals surface area (Å²) < 4.78 is 4.92. The van der Waals surface area contributed by atoms with E-state index >= 15 is 0 Å². The lowest BCUT2D eigenvalue weighted by molar-refractivity contribution is -0.141. The summed E-state index contributed by atoms with van der Waals surface area (Å²) in [6, 6.07) is 0. The van der Waals surface area contributed by atoms with Gasteiger partial charge in [-0.3, -0.25) is 9.59 Å². The number of nitrogens with one attached hydrogen (secondary N) is 1. The average molecular weight is 317 g/mol. The molecule has 2 atom stereocenters. The van der Waals surface area contributed by atoms with Crippen LogP contribution in [-0.4, -0.2) is 35.0 Å². The maximum absolute atomic E-state index is 12.1. The minimum absolute atomic E-state index is 0.127. The summed E-state index contributed by atoms with van der Waals surface area (Å²) >= 11 is 0. The normalized spacial score (nSPS) is 23.3. The van der Waals surface area contributed by atoms with Crippen molar-refractivity contribution < 1.29 is 14.3 Å². The van der Waals surface area contributed by atoms with E-state index in [1.165, 1.54) is 24.1 Å². The molecule has 1 aromatic heterocycles. The molecule has 6 nitrogen and oxygen atoms in total. The Morgan fingerprint density at radius 3 is 2.83 bits per heavy atom. The molecule has 1 fully saturated rings. The number of carbonyl (C=O) groups is 2. The van der Waals surface area contributed by atoms with Crippen LogP contribution in [0, 0.1) is 18.8 Å². The quantitative estimate of drug-likeness (QED) is 0.842. The topological polar surface area (TPSA) is 81.2 Å². The molecule has 124 valence electrons. The van der Waals surface area contributed by atoms with Gasteiger partial charge in [0, 0.05) is 24.4 Å². The number of rotatable bonds is 4. The van der Waals surface area contributed by atoms with E-state index in [4.69, 9.17) is 4.74 Å². The van der Waals surface area contributed by atoms with E-state index in [1.807, 2.05) is 6.92 Å². The van der Waals surface area contributed by atoms with Crippen LogP contribution in [0.1, 0.15) is 42.5 Å². The molecule has 3 rings (SSSR count). The molecule has 0 bridgehead atoms. The molecule has 1 aromatic rings. The number of hydrogen-bond donors (Lipinski definition) is 1. The number of amides is 1. The van der Waals surface area contributed by atoms with Gasteiger partial charge in [0.1, 0.15) is 12.4 Å². The molecular weight excluding hydrogens is 294 g/mol. The number of cyclic esters (lactones) is 1. The van der Waals surface area contributed by atoms with E-state index in [0.717, 1.165) is 24.4 Å². The summed E-state index contributed by atoms with van der Waals surface area (Å²) in [7, 11) is 0. The predicted molar refractivity (Wildman–Crippen MR) is 83.7 cm³/mol. The van der Waals surface area contributed by atoms with Crippen molar-refractivity contribution in [2.75, 3.05) is 13.2 Å². The smallest absolute Gasteiger partial charge is 0.309 e. The summed E-state index contributed by atoms with van der Waals surface area (Å²) in [5, 5.41) is 2.87. The maximum Gasteiger partial charge on any atom is 0.309 e. The van der Waals surface area contributed by atoms with Gasteiger partial charge in [-0.25, -0.2) is 9.97 Å². The van der Waals surface area contributed by atoms with Gasteiger partial charge in [0.15, 0.2) is 0 Å². The van der Waals surface area contributed by atoms with Gasteiger partial charge >= 0.3 is 5.97 Å². The van der Waals surface area contributed by atoms with Crippen LogP contribution in [0.2, 0.25) is 0 Å². The fourth-order valence-electron chi connectivity index (χ4n) is 3.30. The van der Waals surface area contributed by atoms with Crippen molar-refractivity contribution in [3.05, 3.63) is 22.8 Å². The van der Waals surface area contributed by atoms with Crippen molar-refractivity contribution in [2.45, 2.75) is 46.0 Å². The standard InChI is InChI=1S/C17H23N3O3/c1-10-13(9-23-17(10)22)16(21)18-8-7-15-19-11(2)12-5-3-4-6-14(12)20-15/h10,13H,3-9H2,1-2H3,(H,18,21). The van der Waals surface area contributed by atoms with Crippen LogP contribution in [0.25, 0.3) is 0 Å². The zero-order valence-electron chi connectivity index (χ0n) is 13.7. The Labute approximate surface area is 136 Å². The molecule has 0 spiro atoms. The van der Waals surface area contributed by atoms with E-state index in [9.17, 15) is 9.59 Å². The number of ether oxygens (including phenoxy) is 1. The SMILES string of the molecule is Cc1nc(CCNC(=O)C2COC(=O)C2C)nc2c1CCCC2. The Morgan fingerprint density at radius 1 is 1.30 bits per heavy atom. The first kappa shape index (κ1) is 15.9. The molecule has 2 heterocycles. The highest BCUT2D eigenvalue weighted by molar-refractivity contribution is 5.87. The second kappa shape index (κ2) is 6.64. The van der Waals surface area contributed by atoms with E-state index < -0.39 is 0 Å². The number of aryl methyl sites for hydroxylation is 2. The number of aromatic nitrogens is 2. The lowest BCUT2D eigenvalue weighted by Gasteiger charge is -2.17. The van der Waals surface area contributed by atoms with E-state index in [-0.39, 0.29) is 30.3 Å². The van der Waals surface area contributed by atoms with Crippen molar-refractivity contribution in [3.63, 3.8) is 0 Å².